The quantitative estimate of drug-likeness (QED) is 0.514. The van der Waals surface area contributed by atoms with Gasteiger partial charge in [-0.1, -0.05) is 21.1 Å². The van der Waals surface area contributed by atoms with Gasteiger partial charge in [-0.15, -0.1) is 11.4 Å². The molecule has 0 N–H and O–H groups in total. The molecule has 0 spiro atoms. The van der Waals surface area contributed by atoms with Gasteiger partial charge in [0, 0.05) is 0 Å². The van der Waals surface area contributed by atoms with Gasteiger partial charge < -0.3 is 0 Å². The van der Waals surface area contributed by atoms with Gasteiger partial charge in [0.05, 0.1) is 0 Å². The molecule has 0 amide bonds. The summed E-state index contributed by atoms with van der Waals surface area (Å²) < 4.78 is 0. The molecule has 1 heterocycles. The van der Waals surface area contributed by atoms with Crippen molar-refractivity contribution in [3.63, 3.8) is 0 Å². The van der Waals surface area contributed by atoms with Crippen molar-refractivity contribution in [1.29, 1.82) is 0 Å². The second kappa shape index (κ2) is 5.96. The largest absolute Gasteiger partial charge is 0.133 e. The van der Waals surface area contributed by atoms with E-state index in [4.69, 9.17) is 0 Å². The molecule has 0 nitrogen and oxygen atoms in total. The number of hydrogen-bond donors (Lipinski definition) is 0. The second-order valence-corrected chi connectivity index (χ2v) is 8.42. The van der Waals surface area contributed by atoms with Gasteiger partial charge in [-0.05, 0) is 32.2 Å². The van der Waals surface area contributed by atoms with E-state index in [9.17, 15) is 0 Å². The molecule has 1 saturated heterocycles. The molecule has 0 radical (unpaired) electrons. The van der Waals surface area contributed by atoms with Crippen LogP contribution in [-0.2, 0) is 0 Å². The molecule has 1 aliphatic heterocycles. The normalized spacial score (nSPS) is 29.3. The maximum atomic E-state index is 2.18. The van der Waals surface area contributed by atoms with Crippen molar-refractivity contribution in [1.82, 2.24) is 0 Å². The Labute approximate surface area is 65.2 Å². The van der Waals surface area contributed by atoms with Crippen molar-refractivity contribution in [3.8, 4) is 0 Å². The van der Waals surface area contributed by atoms with E-state index in [1.165, 1.54) is 53.3 Å². The summed E-state index contributed by atoms with van der Waals surface area (Å²) in [6.45, 7) is 0. The molecule has 2 atom stereocenters. The lowest BCUT2D eigenvalue weighted by Gasteiger charge is -1.94. The smallest absolute Gasteiger partial charge is 0.00250 e. The summed E-state index contributed by atoms with van der Waals surface area (Å²) in [5.41, 5.74) is 0. The molecule has 0 aromatic carbocycles. The Kier molecular flexibility index (Phi) is 5.50. The average molecular weight is 180 g/mol. The number of hydrogen-bond acceptors (Lipinski definition) is 1. The van der Waals surface area contributed by atoms with Crippen molar-refractivity contribution >= 4 is 27.1 Å². The Bertz CT molecular complexity index is 39.5. The predicted molar refractivity (Wildman–Crippen MR) is 52.4 cm³/mol. The van der Waals surface area contributed by atoms with Crippen molar-refractivity contribution < 1.29 is 0 Å². The highest BCUT2D eigenvalue weighted by Gasteiger charge is 1.95. The van der Waals surface area contributed by atoms with Gasteiger partial charge >= 0.3 is 0 Å². The molecule has 1 rings (SSSR count). The van der Waals surface area contributed by atoms with E-state index in [-0.39, 0.29) is 0 Å². The molecule has 2 unspecified atom stereocenters. The molecule has 1 fully saturated rings. The lowest BCUT2D eigenvalue weighted by Crippen LogP contribution is -1.78. The summed E-state index contributed by atoms with van der Waals surface area (Å²) >= 11 is 2.18. The Morgan fingerprint density at radius 2 is 1.89 bits per heavy atom. The van der Waals surface area contributed by atoms with Crippen LogP contribution in [0.2, 0.25) is 0 Å². The van der Waals surface area contributed by atoms with Crippen LogP contribution in [0.4, 0.5) is 0 Å². The third-order valence-corrected chi connectivity index (χ3v) is 7.65. The molecule has 54 valence electrons. The first-order valence-corrected chi connectivity index (χ1v) is 8.51. The van der Waals surface area contributed by atoms with Crippen molar-refractivity contribution in [2.24, 2.45) is 0 Å². The summed E-state index contributed by atoms with van der Waals surface area (Å²) in [5.74, 6) is 1.44. The molecule has 9 heavy (non-hydrogen) atoms. The molecular weight excluding hydrogens is 166 g/mol. The first-order valence-electron chi connectivity index (χ1n) is 3.60. The Hall–Kier alpha value is 1.21. The van der Waals surface area contributed by atoms with Gasteiger partial charge in [0.1, 0.15) is 0 Å². The van der Waals surface area contributed by atoms with Gasteiger partial charge in [0.2, 0.25) is 0 Å². The molecule has 0 aromatic rings. The average Bonchev–Trinajstić information content (AvgIpc) is 2.00. The van der Waals surface area contributed by atoms with Crippen molar-refractivity contribution in [3.05, 3.63) is 0 Å². The monoisotopic (exact) mass is 180 g/mol. The topological polar surface area (TPSA) is 0 Å². The van der Waals surface area contributed by atoms with Crippen LogP contribution in [0, 0.1) is 0 Å². The van der Waals surface area contributed by atoms with Gasteiger partial charge in [-0.3, -0.25) is 0 Å². The van der Waals surface area contributed by atoms with E-state index < -0.39 is 0 Å². The van der Waals surface area contributed by atoms with E-state index in [2.05, 4.69) is 11.4 Å². The fraction of sp³-hybridized carbons (Fsp3) is 1.00. The van der Waals surface area contributed by atoms with Crippen LogP contribution in [-0.4, -0.2) is 11.9 Å². The van der Waals surface area contributed by atoms with E-state index in [1.807, 2.05) is 0 Å². The third kappa shape index (κ3) is 4.59. The van der Waals surface area contributed by atoms with Gasteiger partial charge in [0.15, 0.2) is 0 Å². The minimum Gasteiger partial charge on any atom is -0.133 e. The standard InChI is InChI=1S/C6H14P2S/c1-2-4-6-9-8-7-5-3-1/h7-8H,1-6H2. The second-order valence-electron chi connectivity index (χ2n) is 2.29. The highest BCUT2D eigenvalue weighted by Crippen LogP contribution is 2.49. The maximum absolute atomic E-state index is 2.18. The minimum atomic E-state index is 1.23. The van der Waals surface area contributed by atoms with Crippen LogP contribution in [0.5, 0.6) is 0 Å². The van der Waals surface area contributed by atoms with E-state index in [0.717, 1.165) is 0 Å². The zero-order chi connectivity index (χ0) is 6.36. The zero-order valence-corrected chi connectivity index (χ0v) is 8.47. The maximum Gasteiger partial charge on any atom is -0.00250 e. The van der Waals surface area contributed by atoms with Gasteiger partial charge in [-0.25, -0.2) is 0 Å². The first-order chi connectivity index (χ1) is 4.50. The van der Waals surface area contributed by atoms with Crippen molar-refractivity contribution in [2.45, 2.75) is 25.7 Å². The SMILES string of the molecule is C1CCCSPPCC1. The first kappa shape index (κ1) is 8.31. The Morgan fingerprint density at radius 1 is 1.00 bits per heavy atom. The minimum absolute atomic E-state index is 1.23. The summed E-state index contributed by atoms with van der Waals surface area (Å²) in [4.78, 5) is 0. The summed E-state index contributed by atoms with van der Waals surface area (Å²) in [6.07, 6.45) is 7.49. The summed E-state index contributed by atoms with van der Waals surface area (Å²) in [5, 5.41) is 0. The molecular formula is C6H14P2S. The van der Waals surface area contributed by atoms with Crippen molar-refractivity contribution in [2.75, 3.05) is 11.9 Å². The third-order valence-electron chi connectivity index (χ3n) is 1.44. The van der Waals surface area contributed by atoms with Crippen LogP contribution in [0.3, 0.4) is 0 Å². The highest BCUT2D eigenvalue weighted by molar-refractivity contribution is 8.67. The molecule has 1 aliphatic rings. The number of rotatable bonds is 0. The fourth-order valence-electron chi connectivity index (χ4n) is 0.894. The Balaban J connectivity index is 2.02. The van der Waals surface area contributed by atoms with Crippen LogP contribution in [0.15, 0.2) is 0 Å². The predicted octanol–water partition coefficient (Wildman–Crippen LogP) is 3.48. The summed E-state index contributed by atoms with van der Waals surface area (Å²) in [6, 6.07) is 0. The van der Waals surface area contributed by atoms with Gasteiger partial charge in [-0.2, -0.15) is 0 Å². The van der Waals surface area contributed by atoms with Gasteiger partial charge in [0.25, 0.3) is 0 Å². The van der Waals surface area contributed by atoms with E-state index >= 15 is 0 Å². The molecule has 0 saturated carbocycles. The lowest BCUT2D eigenvalue weighted by atomic mass is 10.2. The van der Waals surface area contributed by atoms with Crippen LogP contribution < -0.4 is 0 Å². The zero-order valence-electron chi connectivity index (χ0n) is 5.65. The highest BCUT2D eigenvalue weighted by atomic mass is 32.9. The Morgan fingerprint density at radius 3 is 2.89 bits per heavy atom. The molecule has 0 aliphatic carbocycles. The van der Waals surface area contributed by atoms with Crippen LogP contribution in [0.25, 0.3) is 0 Å². The van der Waals surface area contributed by atoms with E-state index in [0.29, 0.717) is 0 Å². The van der Waals surface area contributed by atoms with Crippen LogP contribution in [0.1, 0.15) is 25.7 Å². The molecule has 0 bridgehead atoms. The summed E-state index contributed by atoms with van der Waals surface area (Å²) in [7, 11) is 2.51. The molecule has 3 heteroatoms. The fourth-order valence-corrected chi connectivity index (χ4v) is 6.61. The van der Waals surface area contributed by atoms with Crippen LogP contribution >= 0.6 is 27.1 Å². The lowest BCUT2D eigenvalue weighted by molar-refractivity contribution is 0.712. The van der Waals surface area contributed by atoms with E-state index in [1.54, 1.807) is 0 Å². The molecule has 0 aromatic heterocycles.